The van der Waals surface area contributed by atoms with Crippen LogP contribution in [0.5, 0.6) is 0 Å². The van der Waals surface area contributed by atoms with Crippen molar-refractivity contribution in [2.75, 3.05) is 24.3 Å². The van der Waals surface area contributed by atoms with Gasteiger partial charge in [0.25, 0.3) is 0 Å². The Bertz CT molecular complexity index is 754. The Kier molecular flexibility index (Phi) is 4.72. The third-order valence-electron chi connectivity index (χ3n) is 3.43. The van der Waals surface area contributed by atoms with Gasteiger partial charge in [-0.1, -0.05) is 0 Å². The molecular weight excluding hydrogens is 325 g/mol. The smallest absolute Gasteiger partial charge is 0.416 e. The maximum atomic E-state index is 13.0. The van der Waals surface area contributed by atoms with E-state index in [0.29, 0.717) is 11.4 Å². The van der Waals surface area contributed by atoms with Crippen LogP contribution in [0.2, 0.25) is 0 Å². The highest BCUT2D eigenvalue weighted by Crippen LogP contribution is 2.34. The van der Waals surface area contributed by atoms with Gasteiger partial charge in [0.15, 0.2) is 5.69 Å². The number of rotatable bonds is 5. The van der Waals surface area contributed by atoms with E-state index in [-0.39, 0.29) is 17.9 Å². The fourth-order valence-electron chi connectivity index (χ4n) is 2.10. The van der Waals surface area contributed by atoms with Crippen molar-refractivity contribution in [3.05, 3.63) is 41.2 Å². The number of aromatic nitrogens is 2. The van der Waals surface area contributed by atoms with Gasteiger partial charge in [-0.15, -0.1) is 0 Å². The lowest BCUT2D eigenvalue weighted by Crippen LogP contribution is -2.13. The third-order valence-corrected chi connectivity index (χ3v) is 3.43. The Morgan fingerprint density at radius 2 is 1.96 bits per heavy atom. The zero-order valence-electron chi connectivity index (χ0n) is 13.3. The molecule has 0 bridgehead atoms. The van der Waals surface area contributed by atoms with Crippen molar-refractivity contribution in [2.24, 2.45) is 7.05 Å². The molecule has 0 amide bonds. The number of aryl methyl sites for hydroxylation is 1. The van der Waals surface area contributed by atoms with E-state index in [2.05, 4.69) is 10.4 Å². The molecule has 2 N–H and O–H groups in total. The second-order valence-electron chi connectivity index (χ2n) is 5.46. The van der Waals surface area contributed by atoms with E-state index >= 15 is 0 Å². The van der Waals surface area contributed by atoms with E-state index in [1.807, 2.05) is 0 Å². The topological polar surface area (TPSA) is 70.4 Å². The predicted octanol–water partition coefficient (Wildman–Crippen LogP) is 2.82. The van der Waals surface area contributed by atoms with Gasteiger partial charge in [0.05, 0.1) is 17.8 Å². The first-order valence-electron chi connectivity index (χ1n) is 6.97. The number of carboxylic acid groups (broad SMARTS) is 1. The molecule has 1 aromatic heterocycles. The summed E-state index contributed by atoms with van der Waals surface area (Å²) in [5, 5.41) is 15.6. The highest BCUT2D eigenvalue weighted by atomic mass is 19.4. The summed E-state index contributed by atoms with van der Waals surface area (Å²) >= 11 is 0. The average Bonchev–Trinajstić information content (AvgIpc) is 2.85. The molecule has 0 aliphatic rings. The van der Waals surface area contributed by atoms with Gasteiger partial charge in [0.2, 0.25) is 0 Å². The monoisotopic (exact) mass is 342 g/mol. The zero-order chi connectivity index (χ0) is 18.1. The average molecular weight is 342 g/mol. The Labute approximate surface area is 136 Å². The Balaban J connectivity index is 2.26. The molecular formula is C15H17F3N4O2. The number of aromatic carboxylic acids is 1. The first-order valence-corrected chi connectivity index (χ1v) is 6.97. The molecule has 0 saturated heterocycles. The summed E-state index contributed by atoms with van der Waals surface area (Å²) in [5.74, 6) is -1.16. The molecule has 130 valence electrons. The summed E-state index contributed by atoms with van der Waals surface area (Å²) in [6, 6.07) is 5.04. The molecule has 0 saturated carbocycles. The van der Waals surface area contributed by atoms with Crippen molar-refractivity contribution >= 4 is 17.3 Å². The molecule has 0 aliphatic heterocycles. The maximum Gasteiger partial charge on any atom is 0.416 e. The van der Waals surface area contributed by atoms with Crippen LogP contribution in [-0.4, -0.2) is 35.0 Å². The van der Waals surface area contributed by atoms with Crippen LogP contribution in [0.1, 0.15) is 21.7 Å². The lowest BCUT2D eigenvalue weighted by molar-refractivity contribution is -0.137. The number of anilines is 2. The Hall–Kier alpha value is -2.71. The van der Waals surface area contributed by atoms with Crippen molar-refractivity contribution in [3.63, 3.8) is 0 Å². The molecule has 1 aromatic carbocycles. The van der Waals surface area contributed by atoms with E-state index in [1.165, 1.54) is 10.7 Å². The largest absolute Gasteiger partial charge is 0.476 e. The van der Waals surface area contributed by atoms with Crippen LogP contribution in [0.4, 0.5) is 24.5 Å². The van der Waals surface area contributed by atoms with E-state index in [1.54, 1.807) is 32.1 Å². The quantitative estimate of drug-likeness (QED) is 0.874. The van der Waals surface area contributed by atoms with E-state index in [4.69, 9.17) is 5.11 Å². The number of benzene rings is 1. The van der Waals surface area contributed by atoms with E-state index < -0.39 is 17.7 Å². The molecule has 0 spiro atoms. The van der Waals surface area contributed by atoms with Crippen molar-refractivity contribution in [2.45, 2.75) is 12.7 Å². The number of nitrogens with one attached hydrogen (secondary N) is 1. The standard InChI is InChI=1S/C15H17F3N4O2/c1-21(2)11-5-9(15(16,17)18)4-10(6-11)19-8-12-7-13(14(23)24)20-22(12)3/h4-7,19H,8H2,1-3H3,(H,23,24). The van der Waals surface area contributed by atoms with Crippen molar-refractivity contribution in [1.82, 2.24) is 9.78 Å². The fourth-order valence-corrected chi connectivity index (χ4v) is 2.10. The van der Waals surface area contributed by atoms with Gasteiger partial charge >= 0.3 is 12.1 Å². The van der Waals surface area contributed by atoms with Gasteiger partial charge in [0.1, 0.15) is 0 Å². The minimum Gasteiger partial charge on any atom is -0.476 e. The summed E-state index contributed by atoms with van der Waals surface area (Å²) in [6.07, 6.45) is -4.45. The van der Waals surface area contributed by atoms with Gasteiger partial charge in [-0.3, -0.25) is 4.68 Å². The van der Waals surface area contributed by atoms with E-state index in [9.17, 15) is 18.0 Å². The molecule has 0 fully saturated rings. The Morgan fingerprint density at radius 3 is 2.46 bits per heavy atom. The molecule has 0 radical (unpaired) electrons. The van der Waals surface area contributed by atoms with Crippen LogP contribution in [0, 0.1) is 0 Å². The lowest BCUT2D eigenvalue weighted by Gasteiger charge is -2.18. The van der Waals surface area contributed by atoms with Gasteiger partial charge in [-0.2, -0.15) is 18.3 Å². The molecule has 6 nitrogen and oxygen atoms in total. The highest BCUT2D eigenvalue weighted by Gasteiger charge is 2.31. The number of carbonyl (C=O) groups is 1. The van der Waals surface area contributed by atoms with Gasteiger partial charge in [-0.05, 0) is 24.3 Å². The number of hydrogen-bond donors (Lipinski definition) is 2. The molecule has 2 aromatic rings. The third kappa shape index (κ3) is 3.98. The SMILES string of the molecule is CN(C)c1cc(NCc2cc(C(=O)O)nn2C)cc(C(F)(F)F)c1. The van der Waals surface area contributed by atoms with Gasteiger partial charge < -0.3 is 15.3 Å². The minimum absolute atomic E-state index is 0.118. The Morgan fingerprint density at radius 1 is 1.29 bits per heavy atom. The van der Waals surface area contributed by atoms with Gasteiger partial charge in [-0.25, -0.2) is 4.79 Å². The number of carboxylic acids is 1. The van der Waals surface area contributed by atoms with Crippen LogP contribution in [0.15, 0.2) is 24.3 Å². The number of nitrogens with zero attached hydrogens (tertiary/aromatic N) is 3. The normalized spacial score (nSPS) is 11.4. The predicted molar refractivity (Wildman–Crippen MR) is 83.3 cm³/mol. The van der Waals surface area contributed by atoms with Crippen LogP contribution in [0.25, 0.3) is 0 Å². The molecule has 9 heteroatoms. The molecule has 24 heavy (non-hydrogen) atoms. The second-order valence-corrected chi connectivity index (χ2v) is 5.46. The molecule has 0 aliphatic carbocycles. The van der Waals surface area contributed by atoms with Crippen molar-refractivity contribution < 1.29 is 23.1 Å². The molecule has 0 unspecified atom stereocenters. The number of halogens is 3. The van der Waals surface area contributed by atoms with Gasteiger partial charge in [0, 0.05) is 32.5 Å². The summed E-state index contributed by atoms with van der Waals surface area (Å²) in [7, 11) is 4.87. The lowest BCUT2D eigenvalue weighted by atomic mass is 10.1. The first kappa shape index (κ1) is 17.6. The zero-order valence-corrected chi connectivity index (χ0v) is 13.3. The first-order chi connectivity index (χ1) is 11.1. The summed E-state index contributed by atoms with van der Waals surface area (Å²) in [6.45, 7) is 0.144. The van der Waals surface area contributed by atoms with Crippen LogP contribution in [0.3, 0.4) is 0 Å². The van der Waals surface area contributed by atoms with Crippen LogP contribution in [-0.2, 0) is 19.8 Å². The maximum absolute atomic E-state index is 13.0. The van der Waals surface area contributed by atoms with Crippen LogP contribution >= 0.6 is 0 Å². The fraction of sp³-hybridized carbons (Fsp3) is 0.333. The molecule has 1 heterocycles. The number of hydrogen-bond acceptors (Lipinski definition) is 4. The molecule has 0 atom stereocenters. The molecule has 2 rings (SSSR count). The highest BCUT2D eigenvalue weighted by molar-refractivity contribution is 5.85. The van der Waals surface area contributed by atoms with Crippen molar-refractivity contribution in [3.8, 4) is 0 Å². The summed E-state index contributed by atoms with van der Waals surface area (Å²) in [4.78, 5) is 12.5. The minimum atomic E-state index is -4.45. The number of alkyl halides is 3. The van der Waals surface area contributed by atoms with Crippen molar-refractivity contribution in [1.29, 1.82) is 0 Å². The van der Waals surface area contributed by atoms with Crippen LogP contribution < -0.4 is 10.2 Å². The second kappa shape index (κ2) is 6.42. The van der Waals surface area contributed by atoms with E-state index in [0.717, 1.165) is 12.1 Å². The summed E-state index contributed by atoms with van der Waals surface area (Å²) in [5.41, 5.74) is 0.353. The summed E-state index contributed by atoms with van der Waals surface area (Å²) < 4.78 is 40.4.